The van der Waals surface area contributed by atoms with Gasteiger partial charge in [0, 0.05) is 17.5 Å². The molecule has 0 amide bonds. The van der Waals surface area contributed by atoms with E-state index >= 15 is 0 Å². The molecule has 1 aliphatic rings. The van der Waals surface area contributed by atoms with Crippen LogP contribution < -0.4 is 15.2 Å². The van der Waals surface area contributed by atoms with E-state index < -0.39 is 0 Å². The predicted molar refractivity (Wildman–Crippen MR) is 80.5 cm³/mol. The van der Waals surface area contributed by atoms with E-state index in [0.717, 1.165) is 29.2 Å². The van der Waals surface area contributed by atoms with Crippen molar-refractivity contribution < 1.29 is 9.47 Å². The van der Waals surface area contributed by atoms with Crippen LogP contribution in [0.4, 0.5) is 0 Å². The molecule has 106 valence electrons. The van der Waals surface area contributed by atoms with Gasteiger partial charge in [0.1, 0.15) is 0 Å². The molecule has 1 saturated carbocycles. The van der Waals surface area contributed by atoms with Crippen molar-refractivity contribution in [3.63, 3.8) is 0 Å². The van der Waals surface area contributed by atoms with Gasteiger partial charge in [-0.05, 0) is 25.2 Å². The van der Waals surface area contributed by atoms with Gasteiger partial charge >= 0.3 is 0 Å². The summed E-state index contributed by atoms with van der Waals surface area (Å²) >= 11 is 1.67. The Hall–Kier alpha value is -0.870. The summed E-state index contributed by atoms with van der Waals surface area (Å²) in [5.41, 5.74) is 7.36. The van der Waals surface area contributed by atoms with E-state index in [0.29, 0.717) is 6.54 Å². The van der Waals surface area contributed by atoms with Crippen LogP contribution in [0, 0.1) is 0 Å². The fourth-order valence-electron chi connectivity index (χ4n) is 3.15. The van der Waals surface area contributed by atoms with Crippen molar-refractivity contribution in [2.24, 2.45) is 5.73 Å². The minimum atomic E-state index is 0.0650. The highest BCUT2D eigenvalue weighted by atomic mass is 32.2. The molecule has 0 aliphatic heterocycles. The first-order valence-corrected chi connectivity index (χ1v) is 7.94. The fourth-order valence-corrected chi connectivity index (χ4v) is 3.72. The highest BCUT2D eigenvalue weighted by Crippen LogP contribution is 2.49. The molecule has 1 aliphatic carbocycles. The van der Waals surface area contributed by atoms with Gasteiger partial charge in [-0.3, -0.25) is 0 Å². The van der Waals surface area contributed by atoms with Gasteiger partial charge in [0.15, 0.2) is 11.5 Å². The van der Waals surface area contributed by atoms with Crippen LogP contribution >= 0.6 is 11.8 Å². The van der Waals surface area contributed by atoms with Crippen molar-refractivity contribution in [2.45, 2.75) is 36.0 Å². The van der Waals surface area contributed by atoms with Crippen molar-refractivity contribution in [1.82, 2.24) is 0 Å². The largest absolute Gasteiger partial charge is 0.493 e. The Labute approximate surface area is 119 Å². The number of benzene rings is 1. The topological polar surface area (TPSA) is 44.5 Å². The first kappa shape index (κ1) is 14.5. The van der Waals surface area contributed by atoms with E-state index in [-0.39, 0.29) is 5.41 Å². The second kappa shape index (κ2) is 6.06. The number of hydrogen-bond acceptors (Lipinski definition) is 4. The Morgan fingerprint density at radius 2 is 1.79 bits per heavy atom. The standard InChI is InChI=1S/C15H23NO2S/c1-17-13-11(15(10-16)8-4-5-9-15)6-7-12(19-3)14(13)18-2/h6-7H,4-5,8-10,16H2,1-3H3. The maximum Gasteiger partial charge on any atom is 0.174 e. The maximum absolute atomic E-state index is 6.08. The van der Waals surface area contributed by atoms with Gasteiger partial charge < -0.3 is 15.2 Å². The van der Waals surface area contributed by atoms with Gasteiger partial charge in [-0.25, -0.2) is 0 Å². The first-order valence-electron chi connectivity index (χ1n) is 6.72. The van der Waals surface area contributed by atoms with Gasteiger partial charge in [0.2, 0.25) is 0 Å². The summed E-state index contributed by atoms with van der Waals surface area (Å²) in [6.45, 7) is 0.672. The second-order valence-corrected chi connectivity index (χ2v) is 5.92. The molecule has 0 bridgehead atoms. The van der Waals surface area contributed by atoms with Crippen molar-refractivity contribution in [3.8, 4) is 11.5 Å². The molecular formula is C15H23NO2S. The maximum atomic E-state index is 6.08. The highest BCUT2D eigenvalue weighted by molar-refractivity contribution is 7.98. The Kier molecular flexibility index (Phi) is 4.63. The Morgan fingerprint density at radius 3 is 2.26 bits per heavy atom. The monoisotopic (exact) mass is 281 g/mol. The van der Waals surface area contributed by atoms with E-state index in [2.05, 4.69) is 12.1 Å². The Morgan fingerprint density at radius 1 is 1.16 bits per heavy atom. The molecule has 0 spiro atoms. The van der Waals surface area contributed by atoms with E-state index in [1.165, 1.54) is 18.4 Å². The van der Waals surface area contributed by atoms with Crippen LogP contribution in [-0.4, -0.2) is 27.0 Å². The lowest BCUT2D eigenvalue weighted by Crippen LogP contribution is -2.32. The predicted octanol–water partition coefficient (Wildman–Crippen LogP) is 3.20. The zero-order valence-corrected chi connectivity index (χ0v) is 12.8. The highest BCUT2D eigenvalue weighted by Gasteiger charge is 2.37. The molecule has 1 aromatic carbocycles. The third-order valence-electron chi connectivity index (χ3n) is 4.23. The Bertz CT molecular complexity index is 442. The molecule has 0 saturated heterocycles. The van der Waals surface area contributed by atoms with Crippen LogP contribution in [0.1, 0.15) is 31.2 Å². The zero-order chi connectivity index (χ0) is 13.9. The van der Waals surface area contributed by atoms with E-state index in [1.54, 1.807) is 26.0 Å². The molecular weight excluding hydrogens is 258 g/mol. The molecule has 0 radical (unpaired) electrons. The fraction of sp³-hybridized carbons (Fsp3) is 0.600. The molecule has 4 heteroatoms. The number of hydrogen-bond donors (Lipinski definition) is 1. The summed E-state index contributed by atoms with van der Waals surface area (Å²) < 4.78 is 11.2. The molecule has 1 aromatic rings. The number of methoxy groups -OCH3 is 2. The van der Waals surface area contributed by atoms with Crippen LogP contribution in [0.25, 0.3) is 0 Å². The van der Waals surface area contributed by atoms with E-state index in [9.17, 15) is 0 Å². The van der Waals surface area contributed by atoms with Crippen molar-refractivity contribution in [3.05, 3.63) is 17.7 Å². The van der Waals surface area contributed by atoms with Gasteiger partial charge in [-0.2, -0.15) is 0 Å². The van der Waals surface area contributed by atoms with Crippen molar-refractivity contribution >= 4 is 11.8 Å². The molecule has 1 fully saturated rings. The first-order chi connectivity index (χ1) is 9.22. The smallest absolute Gasteiger partial charge is 0.174 e. The SMILES string of the molecule is COc1c(SC)ccc(C2(CN)CCCC2)c1OC. The van der Waals surface area contributed by atoms with Crippen molar-refractivity contribution in [1.29, 1.82) is 0 Å². The van der Waals surface area contributed by atoms with Gasteiger partial charge in [-0.1, -0.05) is 18.9 Å². The molecule has 2 rings (SSSR count). The number of ether oxygens (including phenoxy) is 2. The molecule has 2 N–H and O–H groups in total. The lowest BCUT2D eigenvalue weighted by Gasteiger charge is -2.30. The van der Waals surface area contributed by atoms with E-state index in [4.69, 9.17) is 15.2 Å². The molecule has 0 atom stereocenters. The van der Waals surface area contributed by atoms with Crippen molar-refractivity contribution in [2.75, 3.05) is 27.0 Å². The van der Waals surface area contributed by atoms with Crippen LogP contribution in [-0.2, 0) is 5.41 Å². The van der Waals surface area contributed by atoms with Crippen LogP contribution in [0.3, 0.4) is 0 Å². The summed E-state index contributed by atoms with van der Waals surface area (Å²) in [7, 11) is 3.41. The summed E-state index contributed by atoms with van der Waals surface area (Å²) in [6.07, 6.45) is 6.81. The molecule has 0 aromatic heterocycles. The quantitative estimate of drug-likeness (QED) is 0.842. The molecule has 0 unspecified atom stereocenters. The third-order valence-corrected chi connectivity index (χ3v) is 4.99. The summed E-state index contributed by atoms with van der Waals surface area (Å²) in [6, 6.07) is 4.29. The number of nitrogens with two attached hydrogens (primary N) is 1. The minimum absolute atomic E-state index is 0.0650. The van der Waals surface area contributed by atoms with Crippen LogP contribution in [0.5, 0.6) is 11.5 Å². The van der Waals surface area contributed by atoms with Gasteiger partial charge in [0.25, 0.3) is 0 Å². The second-order valence-electron chi connectivity index (χ2n) is 5.07. The number of rotatable bonds is 5. The summed E-state index contributed by atoms with van der Waals surface area (Å²) in [4.78, 5) is 1.10. The van der Waals surface area contributed by atoms with Gasteiger partial charge in [0.05, 0.1) is 19.1 Å². The van der Waals surface area contributed by atoms with Crippen LogP contribution in [0.2, 0.25) is 0 Å². The number of thioether (sulfide) groups is 1. The van der Waals surface area contributed by atoms with E-state index in [1.807, 2.05) is 6.26 Å². The average Bonchev–Trinajstić information content (AvgIpc) is 2.95. The zero-order valence-electron chi connectivity index (χ0n) is 12.0. The molecule has 3 nitrogen and oxygen atoms in total. The van der Waals surface area contributed by atoms with Gasteiger partial charge in [-0.15, -0.1) is 11.8 Å². The lowest BCUT2D eigenvalue weighted by atomic mass is 9.78. The Balaban J connectivity index is 2.57. The summed E-state index contributed by atoms with van der Waals surface area (Å²) in [5.74, 6) is 1.70. The normalized spacial score (nSPS) is 17.5. The minimum Gasteiger partial charge on any atom is -0.493 e. The lowest BCUT2D eigenvalue weighted by molar-refractivity contribution is 0.331. The summed E-state index contributed by atoms with van der Waals surface area (Å²) in [5, 5.41) is 0. The molecule has 19 heavy (non-hydrogen) atoms. The van der Waals surface area contributed by atoms with Crippen LogP contribution in [0.15, 0.2) is 17.0 Å². The average molecular weight is 281 g/mol. The molecule has 0 heterocycles. The third kappa shape index (κ3) is 2.43.